The quantitative estimate of drug-likeness (QED) is 0.892. The number of hydrogen-bond donors (Lipinski definition) is 1. The Morgan fingerprint density at radius 1 is 1.06 bits per heavy atom. The molecule has 1 N–H and O–H groups in total. The molecular formula is C14H16N4. The number of hydrogen-bond acceptors (Lipinski definition) is 4. The molecule has 1 aromatic carbocycles. The zero-order chi connectivity index (χ0) is 12.2. The van der Waals surface area contributed by atoms with Crippen LogP contribution in [0.2, 0.25) is 0 Å². The summed E-state index contributed by atoms with van der Waals surface area (Å²) in [7, 11) is 0. The van der Waals surface area contributed by atoms with Gasteiger partial charge in [0.2, 0.25) is 5.95 Å². The van der Waals surface area contributed by atoms with Crippen LogP contribution in [-0.4, -0.2) is 29.1 Å². The predicted octanol–water partition coefficient (Wildman–Crippen LogP) is 2.17. The summed E-state index contributed by atoms with van der Waals surface area (Å²) < 4.78 is 0. The summed E-state index contributed by atoms with van der Waals surface area (Å²) in [6.07, 6.45) is 4.64. The molecule has 18 heavy (non-hydrogen) atoms. The number of nitrogens with zero attached hydrogens (tertiary/aromatic N) is 3. The van der Waals surface area contributed by atoms with E-state index in [-0.39, 0.29) is 0 Å². The molecule has 3 rings (SSSR count). The summed E-state index contributed by atoms with van der Waals surface area (Å²) in [5.41, 5.74) is 1.29. The molecule has 1 aromatic heterocycles. The minimum atomic E-state index is 0.424. The van der Waals surface area contributed by atoms with E-state index in [1.165, 1.54) is 5.69 Å². The third-order valence-electron chi connectivity index (χ3n) is 3.21. The monoisotopic (exact) mass is 240 g/mol. The highest BCUT2D eigenvalue weighted by atomic mass is 15.2. The molecule has 1 fully saturated rings. The number of nitrogens with one attached hydrogen (secondary N) is 1. The average molecular weight is 240 g/mol. The summed E-state index contributed by atoms with van der Waals surface area (Å²) in [5, 5.41) is 3.38. The van der Waals surface area contributed by atoms with Crippen LogP contribution < -0.4 is 10.2 Å². The van der Waals surface area contributed by atoms with Crippen molar-refractivity contribution in [1.82, 2.24) is 9.97 Å². The van der Waals surface area contributed by atoms with Crippen LogP contribution in [0.15, 0.2) is 48.8 Å². The summed E-state index contributed by atoms with van der Waals surface area (Å²) in [6, 6.07) is 12.8. The molecule has 92 valence electrons. The van der Waals surface area contributed by atoms with Gasteiger partial charge >= 0.3 is 0 Å². The summed E-state index contributed by atoms with van der Waals surface area (Å²) in [5.74, 6) is 0.720. The average Bonchev–Trinajstić information content (AvgIpc) is 2.89. The van der Waals surface area contributed by atoms with Gasteiger partial charge in [0.05, 0.1) is 0 Å². The predicted molar refractivity (Wildman–Crippen MR) is 72.7 cm³/mol. The molecule has 2 aromatic rings. The highest BCUT2D eigenvalue weighted by molar-refractivity contribution is 5.48. The van der Waals surface area contributed by atoms with E-state index < -0.39 is 0 Å². The van der Waals surface area contributed by atoms with Gasteiger partial charge in [0.1, 0.15) is 0 Å². The van der Waals surface area contributed by atoms with Crippen molar-refractivity contribution in [1.29, 1.82) is 0 Å². The molecule has 0 unspecified atom stereocenters. The van der Waals surface area contributed by atoms with Crippen LogP contribution in [0.25, 0.3) is 0 Å². The first-order valence-corrected chi connectivity index (χ1v) is 6.25. The molecule has 0 aliphatic carbocycles. The van der Waals surface area contributed by atoms with Crippen molar-refractivity contribution in [3.63, 3.8) is 0 Å². The molecular weight excluding hydrogens is 224 g/mol. The van der Waals surface area contributed by atoms with Crippen molar-refractivity contribution in [2.45, 2.75) is 12.5 Å². The molecule has 1 aliphatic heterocycles. The van der Waals surface area contributed by atoms with E-state index in [0.717, 1.165) is 25.5 Å². The van der Waals surface area contributed by atoms with Crippen LogP contribution in [-0.2, 0) is 0 Å². The lowest BCUT2D eigenvalue weighted by Crippen LogP contribution is -2.26. The Kier molecular flexibility index (Phi) is 3.08. The van der Waals surface area contributed by atoms with Crippen LogP contribution in [0.3, 0.4) is 0 Å². The first kappa shape index (κ1) is 11.0. The van der Waals surface area contributed by atoms with Gasteiger partial charge in [0.15, 0.2) is 0 Å². The molecule has 4 heteroatoms. The Morgan fingerprint density at radius 3 is 2.61 bits per heavy atom. The third kappa shape index (κ3) is 2.42. The van der Waals surface area contributed by atoms with E-state index in [1.54, 1.807) is 12.4 Å². The molecule has 0 radical (unpaired) electrons. The van der Waals surface area contributed by atoms with Gasteiger partial charge in [-0.15, -0.1) is 0 Å². The number of rotatable bonds is 3. The van der Waals surface area contributed by atoms with Gasteiger partial charge in [-0.1, -0.05) is 18.2 Å². The van der Waals surface area contributed by atoms with Crippen LogP contribution in [0.1, 0.15) is 6.42 Å². The lowest BCUT2D eigenvalue weighted by atomic mass is 10.3. The Bertz CT molecular complexity index is 486. The zero-order valence-electron chi connectivity index (χ0n) is 10.2. The fourth-order valence-electron chi connectivity index (χ4n) is 2.31. The second-order valence-corrected chi connectivity index (χ2v) is 4.48. The Hall–Kier alpha value is -2.10. The van der Waals surface area contributed by atoms with Crippen molar-refractivity contribution in [3.05, 3.63) is 48.8 Å². The maximum atomic E-state index is 4.20. The number of aromatic nitrogens is 2. The molecule has 2 heterocycles. The number of anilines is 2. The third-order valence-corrected chi connectivity index (χ3v) is 3.21. The second kappa shape index (κ2) is 5.04. The standard InChI is InChI=1S/C14H16N4/c1-2-5-13(6-3-1)18-10-7-12(11-18)17-14-15-8-4-9-16-14/h1-6,8-9,12H,7,10-11H2,(H,15,16,17)/t12-/m0/s1. The summed E-state index contributed by atoms with van der Waals surface area (Å²) in [6.45, 7) is 2.08. The van der Waals surface area contributed by atoms with E-state index in [4.69, 9.17) is 0 Å². The molecule has 1 saturated heterocycles. The normalized spacial score (nSPS) is 18.9. The van der Waals surface area contributed by atoms with E-state index in [1.807, 2.05) is 12.1 Å². The first-order chi connectivity index (χ1) is 8.92. The van der Waals surface area contributed by atoms with Gasteiger partial charge in [-0.05, 0) is 24.6 Å². The van der Waals surface area contributed by atoms with Crippen molar-refractivity contribution in [3.8, 4) is 0 Å². The van der Waals surface area contributed by atoms with E-state index in [9.17, 15) is 0 Å². The maximum Gasteiger partial charge on any atom is 0.222 e. The molecule has 0 amide bonds. The van der Waals surface area contributed by atoms with Gasteiger partial charge in [-0.3, -0.25) is 0 Å². The molecule has 1 aliphatic rings. The lowest BCUT2D eigenvalue weighted by molar-refractivity contribution is 0.792. The highest BCUT2D eigenvalue weighted by Gasteiger charge is 2.22. The molecule has 0 spiro atoms. The van der Waals surface area contributed by atoms with Gasteiger partial charge in [-0.2, -0.15) is 0 Å². The van der Waals surface area contributed by atoms with Gasteiger partial charge in [-0.25, -0.2) is 9.97 Å². The van der Waals surface area contributed by atoms with Gasteiger partial charge in [0.25, 0.3) is 0 Å². The smallest absolute Gasteiger partial charge is 0.222 e. The highest BCUT2D eigenvalue weighted by Crippen LogP contribution is 2.20. The first-order valence-electron chi connectivity index (χ1n) is 6.25. The Labute approximate surface area is 107 Å². The van der Waals surface area contributed by atoms with Crippen molar-refractivity contribution in [2.24, 2.45) is 0 Å². The molecule has 1 atom stereocenters. The second-order valence-electron chi connectivity index (χ2n) is 4.48. The summed E-state index contributed by atoms with van der Waals surface area (Å²) in [4.78, 5) is 10.8. The maximum absolute atomic E-state index is 4.20. The van der Waals surface area contributed by atoms with Crippen LogP contribution in [0, 0.1) is 0 Å². The van der Waals surface area contributed by atoms with E-state index in [2.05, 4.69) is 44.5 Å². The van der Waals surface area contributed by atoms with Gasteiger partial charge in [0, 0.05) is 37.2 Å². The molecule has 0 saturated carbocycles. The van der Waals surface area contributed by atoms with Crippen LogP contribution in [0.5, 0.6) is 0 Å². The molecule has 4 nitrogen and oxygen atoms in total. The van der Waals surface area contributed by atoms with Crippen LogP contribution in [0.4, 0.5) is 11.6 Å². The van der Waals surface area contributed by atoms with Crippen molar-refractivity contribution < 1.29 is 0 Å². The van der Waals surface area contributed by atoms with E-state index in [0.29, 0.717) is 6.04 Å². The largest absolute Gasteiger partial charge is 0.369 e. The Morgan fingerprint density at radius 2 is 1.83 bits per heavy atom. The topological polar surface area (TPSA) is 41.0 Å². The minimum absolute atomic E-state index is 0.424. The van der Waals surface area contributed by atoms with Gasteiger partial charge < -0.3 is 10.2 Å². The molecule has 0 bridgehead atoms. The zero-order valence-corrected chi connectivity index (χ0v) is 10.2. The number of para-hydroxylation sites is 1. The van der Waals surface area contributed by atoms with E-state index >= 15 is 0 Å². The Balaban J connectivity index is 1.62. The lowest BCUT2D eigenvalue weighted by Gasteiger charge is -2.18. The number of benzene rings is 1. The SMILES string of the molecule is c1ccc(N2CC[C@H](Nc3ncccn3)C2)cc1. The summed E-state index contributed by atoms with van der Waals surface area (Å²) >= 11 is 0. The fraction of sp³-hybridized carbons (Fsp3) is 0.286. The van der Waals surface area contributed by atoms with Crippen LogP contribution >= 0.6 is 0 Å². The van der Waals surface area contributed by atoms with Crippen molar-refractivity contribution in [2.75, 3.05) is 23.3 Å². The fourth-order valence-corrected chi connectivity index (χ4v) is 2.31. The van der Waals surface area contributed by atoms with Crippen molar-refractivity contribution >= 4 is 11.6 Å². The minimum Gasteiger partial charge on any atom is -0.369 e.